The van der Waals surface area contributed by atoms with Crippen molar-refractivity contribution in [3.8, 4) is 0 Å². The van der Waals surface area contributed by atoms with Gasteiger partial charge in [0.05, 0.1) is 11.7 Å². The number of pyridine rings is 1. The van der Waals surface area contributed by atoms with E-state index in [1.807, 2.05) is 38.4 Å². The monoisotopic (exact) mass is 302 g/mol. The summed E-state index contributed by atoms with van der Waals surface area (Å²) in [7, 11) is 0. The van der Waals surface area contributed by atoms with E-state index in [0.29, 0.717) is 18.5 Å². The maximum atomic E-state index is 12.2. The van der Waals surface area contributed by atoms with Crippen LogP contribution in [0.1, 0.15) is 47.3 Å². The lowest BCUT2D eigenvalue weighted by atomic mass is 10.2. The zero-order valence-electron chi connectivity index (χ0n) is 13.4. The fourth-order valence-corrected chi connectivity index (χ4v) is 2.44. The average molecular weight is 302 g/mol. The summed E-state index contributed by atoms with van der Waals surface area (Å²) in [6.45, 7) is 8.31. The predicted octanol–water partition coefficient (Wildman–Crippen LogP) is 1.74. The van der Waals surface area contributed by atoms with Crippen molar-refractivity contribution in [2.75, 3.05) is 6.54 Å². The Morgan fingerprint density at radius 1 is 1.36 bits per heavy atom. The fourth-order valence-electron chi connectivity index (χ4n) is 2.44. The molecule has 6 heteroatoms. The van der Waals surface area contributed by atoms with Gasteiger partial charge in [-0.25, -0.2) is 0 Å². The molecule has 0 fully saturated rings. The molecule has 0 unspecified atom stereocenters. The summed E-state index contributed by atoms with van der Waals surface area (Å²) >= 11 is 0. The summed E-state index contributed by atoms with van der Waals surface area (Å²) in [5, 5.41) is 7.27. The molecular weight excluding hydrogens is 280 g/mol. The lowest BCUT2D eigenvalue weighted by Gasteiger charge is -2.15. The Bertz CT molecular complexity index is 730. The van der Waals surface area contributed by atoms with Gasteiger partial charge in [-0.1, -0.05) is 6.92 Å². The Kier molecular flexibility index (Phi) is 4.80. The first-order valence-electron chi connectivity index (χ1n) is 7.45. The first-order chi connectivity index (χ1) is 10.4. The van der Waals surface area contributed by atoms with E-state index < -0.39 is 0 Å². The molecule has 0 radical (unpaired) electrons. The molecule has 2 N–H and O–H groups in total. The van der Waals surface area contributed by atoms with Crippen LogP contribution in [0.25, 0.3) is 0 Å². The van der Waals surface area contributed by atoms with E-state index in [2.05, 4.69) is 15.4 Å². The number of H-pyrrole nitrogens is 1. The number of nitrogens with zero attached hydrogens (tertiary/aromatic N) is 2. The number of hydrogen-bond acceptors (Lipinski definition) is 3. The summed E-state index contributed by atoms with van der Waals surface area (Å²) in [5.41, 5.74) is 2.91. The van der Waals surface area contributed by atoms with Crippen LogP contribution in [-0.4, -0.2) is 27.2 Å². The Morgan fingerprint density at radius 3 is 2.68 bits per heavy atom. The predicted molar refractivity (Wildman–Crippen MR) is 85.2 cm³/mol. The van der Waals surface area contributed by atoms with Crippen LogP contribution in [-0.2, 0) is 6.42 Å². The van der Waals surface area contributed by atoms with Gasteiger partial charge in [0.1, 0.15) is 0 Å². The molecule has 118 valence electrons. The summed E-state index contributed by atoms with van der Waals surface area (Å²) < 4.78 is 1.89. The van der Waals surface area contributed by atoms with Gasteiger partial charge in [0.25, 0.3) is 5.91 Å². The van der Waals surface area contributed by atoms with E-state index in [1.165, 1.54) is 6.07 Å². The molecule has 2 aromatic heterocycles. The second-order valence-corrected chi connectivity index (χ2v) is 5.54. The summed E-state index contributed by atoms with van der Waals surface area (Å²) in [6, 6.07) is 5.08. The maximum Gasteiger partial charge on any atom is 0.251 e. The standard InChI is InChI=1S/C16H22N4O2/c1-5-14-7-13(8-15(21)18-14)16(22)17-9-12(4)20-11(3)6-10(2)19-20/h6-8,12H,5,9H2,1-4H3,(H,17,22)(H,18,21)/t12-/m0/s1. The summed E-state index contributed by atoms with van der Waals surface area (Å²) in [5.74, 6) is -0.241. The summed E-state index contributed by atoms with van der Waals surface area (Å²) in [4.78, 5) is 26.4. The minimum Gasteiger partial charge on any atom is -0.350 e. The van der Waals surface area contributed by atoms with Crippen LogP contribution in [0.2, 0.25) is 0 Å². The largest absolute Gasteiger partial charge is 0.350 e. The fraction of sp³-hybridized carbons (Fsp3) is 0.438. The molecule has 2 rings (SSSR count). The van der Waals surface area contributed by atoms with Crippen LogP contribution >= 0.6 is 0 Å². The van der Waals surface area contributed by atoms with Gasteiger partial charge in [-0.15, -0.1) is 0 Å². The molecule has 0 aliphatic heterocycles. The number of aryl methyl sites for hydroxylation is 3. The van der Waals surface area contributed by atoms with Crippen molar-refractivity contribution in [3.63, 3.8) is 0 Å². The second kappa shape index (κ2) is 6.60. The Hall–Kier alpha value is -2.37. The van der Waals surface area contributed by atoms with Crippen LogP contribution < -0.4 is 10.9 Å². The number of carbonyl (C=O) groups excluding carboxylic acids is 1. The van der Waals surface area contributed by atoms with Gasteiger partial charge in [-0.3, -0.25) is 14.3 Å². The molecule has 6 nitrogen and oxygen atoms in total. The van der Waals surface area contributed by atoms with Crippen molar-refractivity contribution in [3.05, 3.63) is 51.2 Å². The van der Waals surface area contributed by atoms with Crippen molar-refractivity contribution < 1.29 is 4.79 Å². The third kappa shape index (κ3) is 3.63. The highest BCUT2D eigenvalue weighted by molar-refractivity contribution is 5.94. The minimum atomic E-state index is -0.254. The van der Waals surface area contributed by atoms with Gasteiger partial charge in [-0.2, -0.15) is 5.10 Å². The minimum absolute atomic E-state index is 0.0466. The lowest BCUT2D eigenvalue weighted by Crippen LogP contribution is -2.31. The first-order valence-corrected chi connectivity index (χ1v) is 7.45. The van der Waals surface area contributed by atoms with E-state index in [9.17, 15) is 9.59 Å². The topological polar surface area (TPSA) is 79.8 Å². The van der Waals surface area contributed by atoms with E-state index >= 15 is 0 Å². The van der Waals surface area contributed by atoms with E-state index in [0.717, 1.165) is 17.1 Å². The number of nitrogens with one attached hydrogen (secondary N) is 2. The second-order valence-electron chi connectivity index (χ2n) is 5.54. The van der Waals surface area contributed by atoms with E-state index in [4.69, 9.17) is 0 Å². The highest BCUT2D eigenvalue weighted by Crippen LogP contribution is 2.10. The smallest absolute Gasteiger partial charge is 0.251 e. The SMILES string of the molecule is CCc1cc(C(=O)NC[C@H](C)n2nc(C)cc2C)cc(=O)[nH]1. The van der Waals surface area contributed by atoms with Crippen molar-refractivity contribution in [2.24, 2.45) is 0 Å². The van der Waals surface area contributed by atoms with Crippen LogP contribution in [0.3, 0.4) is 0 Å². The van der Waals surface area contributed by atoms with Crippen molar-refractivity contribution in [1.29, 1.82) is 0 Å². The molecule has 0 aliphatic carbocycles. The Labute approximate surface area is 129 Å². The molecule has 1 atom stereocenters. The van der Waals surface area contributed by atoms with Gasteiger partial charge in [-0.05, 0) is 39.3 Å². The van der Waals surface area contributed by atoms with Crippen molar-refractivity contribution >= 4 is 5.91 Å². The van der Waals surface area contributed by atoms with Gasteiger partial charge < -0.3 is 10.3 Å². The van der Waals surface area contributed by atoms with Crippen molar-refractivity contribution in [2.45, 2.75) is 40.2 Å². The lowest BCUT2D eigenvalue weighted by molar-refractivity contribution is 0.0947. The summed E-state index contributed by atoms with van der Waals surface area (Å²) in [6.07, 6.45) is 0.679. The average Bonchev–Trinajstić information content (AvgIpc) is 2.82. The molecule has 1 amide bonds. The number of rotatable bonds is 5. The zero-order valence-corrected chi connectivity index (χ0v) is 13.4. The molecule has 0 aromatic carbocycles. The number of hydrogen-bond donors (Lipinski definition) is 2. The van der Waals surface area contributed by atoms with Crippen LogP contribution in [0.15, 0.2) is 23.0 Å². The first kappa shape index (κ1) is 16.0. The molecule has 0 spiro atoms. The number of carbonyl (C=O) groups is 1. The molecule has 2 aromatic rings. The van der Waals surface area contributed by atoms with Crippen LogP contribution in [0.5, 0.6) is 0 Å². The quantitative estimate of drug-likeness (QED) is 0.883. The third-order valence-corrected chi connectivity index (χ3v) is 3.56. The highest BCUT2D eigenvalue weighted by Gasteiger charge is 2.13. The molecule has 22 heavy (non-hydrogen) atoms. The van der Waals surface area contributed by atoms with Gasteiger partial charge in [0.15, 0.2) is 0 Å². The zero-order chi connectivity index (χ0) is 16.3. The van der Waals surface area contributed by atoms with E-state index in [1.54, 1.807) is 6.07 Å². The highest BCUT2D eigenvalue weighted by atomic mass is 16.2. The number of aromatic amines is 1. The molecule has 0 saturated carbocycles. The maximum absolute atomic E-state index is 12.2. The molecule has 2 heterocycles. The van der Waals surface area contributed by atoms with Crippen LogP contribution in [0.4, 0.5) is 0 Å². The normalized spacial score (nSPS) is 12.2. The third-order valence-electron chi connectivity index (χ3n) is 3.56. The molecule has 0 aliphatic rings. The number of amides is 1. The van der Waals surface area contributed by atoms with Gasteiger partial charge in [0, 0.05) is 29.6 Å². The van der Waals surface area contributed by atoms with Crippen LogP contribution in [0, 0.1) is 13.8 Å². The molecule has 0 saturated heterocycles. The van der Waals surface area contributed by atoms with Gasteiger partial charge in [0.2, 0.25) is 5.56 Å². The van der Waals surface area contributed by atoms with Crippen molar-refractivity contribution in [1.82, 2.24) is 20.1 Å². The molecular formula is C16H22N4O2. The number of aromatic nitrogens is 3. The van der Waals surface area contributed by atoms with Gasteiger partial charge >= 0.3 is 0 Å². The van der Waals surface area contributed by atoms with E-state index in [-0.39, 0.29) is 17.5 Å². The Morgan fingerprint density at radius 2 is 2.09 bits per heavy atom. The molecule has 0 bridgehead atoms. The Balaban J connectivity index is 2.05.